The monoisotopic (exact) mass is 401 g/mol. The Labute approximate surface area is 170 Å². The van der Waals surface area contributed by atoms with Gasteiger partial charge in [-0.1, -0.05) is 60.7 Å². The third-order valence-corrected chi connectivity index (χ3v) is 4.74. The molecule has 7 heteroatoms. The molecule has 0 bridgehead atoms. The van der Waals surface area contributed by atoms with Gasteiger partial charge in [0.05, 0.1) is 19.8 Å². The highest BCUT2D eigenvalue weighted by molar-refractivity contribution is 5.73. The number of aliphatic hydroxyl groups is 2. The summed E-state index contributed by atoms with van der Waals surface area (Å²) in [5.74, 6) is -0.350. The summed E-state index contributed by atoms with van der Waals surface area (Å²) in [5, 5.41) is 23.8. The number of carbonyl (C=O) groups excluding carboxylic acids is 1. The average molecular weight is 401 g/mol. The van der Waals surface area contributed by atoms with Crippen molar-refractivity contribution >= 4 is 5.91 Å². The van der Waals surface area contributed by atoms with Crippen molar-refractivity contribution in [2.24, 2.45) is 0 Å². The van der Waals surface area contributed by atoms with Gasteiger partial charge in [-0.15, -0.1) is 0 Å². The number of benzene rings is 2. The van der Waals surface area contributed by atoms with Crippen molar-refractivity contribution in [3.63, 3.8) is 0 Å². The van der Waals surface area contributed by atoms with E-state index >= 15 is 0 Å². The Kier molecular flexibility index (Phi) is 7.74. The first-order valence-electron chi connectivity index (χ1n) is 9.60. The normalized spacial score (nSPS) is 26.8. The summed E-state index contributed by atoms with van der Waals surface area (Å²) in [7, 11) is 0. The lowest BCUT2D eigenvalue weighted by molar-refractivity contribution is -0.266. The van der Waals surface area contributed by atoms with E-state index in [1.807, 2.05) is 60.7 Å². The Balaban J connectivity index is 1.64. The van der Waals surface area contributed by atoms with Gasteiger partial charge in [0.2, 0.25) is 5.91 Å². The molecule has 0 unspecified atom stereocenters. The van der Waals surface area contributed by atoms with E-state index in [-0.39, 0.29) is 19.1 Å². The SMILES string of the molecule is CC(=O)N[C@H]1[C@@H](OCc2ccccc2)[C@@H](O)[C@@H](COCc2ccccc2)O[C@@H]1O. The van der Waals surface area contributed by atoms with Gasteiger partial charge in [0.1, 0.15) is 24.4 Å². The van der Waals surface area contributed by atoms with Crippen molar-refractivity contribution in [3.8, 4) is 0 Å². The lowest BCUT2D eigenvalue weighted by Gasteiger charge is -2.42. The molecule has 3 rings (SSSR count). The molecule has 1 heterocycles. The highest BCUT2D eigenvalue weighted by Crippen LogP contribution is 2.24. The molecular weight excluding hydrogens is 374 g/mol. The standard InChI is InChI=1S/C22H27NO6/c1-15(24)23-19-21(28-13-17-10-6-3-7-11-17)20(25)18(29-22(19)26)14-27-12-16-8-4-2-5-9-16/h2-11,18-22,25-26H,12-14H2,1H3,(H,23,24)/t18-,19+,20+,21-,22+/m1/s1. The predicted octanol–water partition coefficient (Wildman–Crippen LogP) is 1.37. The van der Waals surface area contributed by atoms with Gasteiger partial charge in [0.15, 0.2) is 6.29 Å². The van der Waals surface area contributed by atoms with Gasteiger partial charge >= 0.3 is 0 Å². The molecule has 2 aromatic rings. The molecule has 1 saturated heterocycles. The minimum Gasteiger partial charge on any atom is -0.388 e. The maximum absolute atomic E-state index is 11.6. The third-order valence-electron chi connectivity index (χ3n) is 4.74. The van der Waals surface area contributed by atoms with Crippen molar-refractivity contribution in [2.45, 2.75) is 50.8 Å². The van der Waals surface area contributed by atoms with Crippen molar-refractivity contribution in [2.75, 3.05) is 6.61 Å². The van der Waals surface area contributed by atoms with Gasteiger partial charge in [-0.2, -0.15) is 0 Å². The first-order chi connectivity index (χ1) is 14.0. The van der Waals surface area contributed by atoms with Gasteiger partial charge in [0, 0.05) is 6.92 Å². The summed E-state index contributed by atoms with van der Waals surface area (Å²) >= 11 is 0. The van der Waals surface area contributed by atoms with Crippen molar-refractivity contribution in [3.05, 3.63) is 71.8 Å². The second kappa shape index (κ2) is 10.5. The van der Waals surface area contributed by atoms with E-state index in [1.165, 1.54) is 6.92 Å². The van der Waals surface area contributed by atoms with Crippen molar-refractivity contribution in [1.29, 1.82) is 0 Å². The van der Waals surface area contributed by atoms with Crippen LogP contribution < -0.4 is 5.32 Å². The lowest BCUT2D eigenvalue weighted by Crippen LogP contribution is -2.64. The number of aliphatic hydroxyl groups excluding tert-OH is 2. The number of ether oxygens (including phenoxy) is 3. The van der Waals surface area contributed by atoms with Crippen LogP contribution >= 0.6 is 0 Å². The summed E-state index contributed by atoms with van der Waals surface area (Å²) in [4.78, 5) is 11.6. The van der Waals surface area contributed by atoms with Crippen LogP contribution in [0.2, 0.25) is 0 Å². The van der Waals surface area contributed by atoms with E-state index in [0.29, 0.717) is 6.61 Å². The van der Waals surface area contributed by atoms with Crippen LogP contribution in [-0.2, 0) is 32.2 Å². The Morgan fingerprint density at radius 2 is 1.59 bits per heavy atom. The first kappa shape index (κ1) is 21.4. The van der Waals surface area contributed by atoms with Crippen LogP contribution in [0, 0.1) is 0 Å². The van der Waals surface area contributed by atoms with Crippen LogP contribution in [0.3, 0.4) is 0 Å². The molecule has 3 N–H and O–H groups in total. The molecule has 1 aliphatic rings. The second-order valence-corrected chi connectivity index (χ2v) is 7.04. The molecule has 0 aliphatic carbocycles. The van der Waals surface area contributed by atoms with Gasteiger partial charge in [-0.3, -0.25) is 4.79 Å². The Morgan fingerprint density at radius 1 is 1.00 bits per heavy atom. The molecule has 2 aromatic carbocycles. The maximum Gasteiger partial charge on any atom is 0.217 e. The maximum atomic E-state index is 11.6. The smallest absolute Gasteiger partial charge is 0.217 e. The van der Waals surface area contributed by atoms with Gasteiger partial charge in [-0.25, -0.2) is 0 Å². The Morgan fingerprint density at radius 3 is 2.17 bits per heavy atom. The summed E-state index contributed by atoms with van der Waals surface area (Å²) in [6.45, 7) is 1.99. The number of nitrogens with one attached hydrogen (secondary N) is 1. The molecule has 0 saturated carbocycles. The molecule has 1 fully saturated rings. The summed E-state index contributed by atoms with van der Waals surface area (Å²) < 4.78 is 17.1. The number of amides is 1. The molecule has 1 aliphatic heterocycles. The predicted molar refractivity (Wildman–Crippen MR) is 106 cm³/mol. The number of carbonyl (C=O) groups is 1. The molecule has 156 valence electrons. The zero-order chi connectivity index (χ0) is 20.6. The van der Waals surface area contributed by atoms with Crippen LogP contribution in [0.15, 0.2) is 60.7 Å². The summed E-state index contributed by atoms with van der Waals surface area (Å²) in [6, 6.07) is 18.2. The Bertz CT molecular complexity index is 756. The van der Waals surface area contributed by atoms with E-state index < -0.39 is 30.6 Å². The highest BCUT2D eigenvalue weighted by atomic mass is 16.6. The molecular formula is C22H27NO6. The first-order valence-corrected chi connectivity index (χ1v) is 9.60. The van der Waals surface area contributed by atoms with E-state index in [9.17, 15) is 15.0 Å². The molecule has 5 atom stereocenters. The van der Waals surface area contributed by atoms with E-state index in [2.05, 4.69) is 5.32 Å². The van der Waals surface area contributed by atoms with Crippen LogP contribution in [0.1, 0.15) is 18.1 Å². The van der Waals surface area contributed by atoms with Gasteiger partial charge < -0.3 is 29.7 Å². The lowest BCUT2D eigenvalue weighted by atomic mass is 9.96. The average Bonchev–Trinajstić information content (AvgIpc) is 2.72. The van der Waals surface area contributed by atoms with Crippen LogP contribution in [0.4, 0.5) is 0 Å². The summed E-state index contributed by atoms with van der Waals surface area (Å²) in [5.41, 5.74) is 1.91. The van der Waals surface area contributed by atoms with Gasteiger partial charge in [-0.05, 0) is 11.1 Å². The third kappa shape index (κ3) is 6.09. The fraction of sp³-hybridized carbons (Fsp3) is 0.409. The Hall–Kier alpha value is -2.29. The zero-order valence-corrected chi connectivity index (χ0v) is 16.3. The van der Waals surface area contributed by atoms with Crippen molar-refractivity contribution in [1.82, 2.24) is 5.32 Å². The largest absolute Gasteiger partial charge is 0.388 e. The quantitative estimate of drug-likeness (QED) is 0.618. The van der Waals surface area contributed by atoms with Crippen LogP contribution in [0.25, 0.3) is 0 Å². The minimum absolute atomic E-state index is 0.0745. The van der Waals surface area contributed by atoms with Crippen LogP contribution in [0.5, 0.6) is 0 Å². The highest BCUT2D eigenvalue weighted by Gasteiger charge is 2.46. The fourth-order valence-corrected chi connectivity index (χ4v) is 3.29. The molecule has 7 nitrogen and oxygen atoms in total. The molecule has 29 heavy (non-hydrogen) atoms. The second-order valence-electron chi connectivity index (χ2n) is 7.04. The van der Waals surface area contributed by atoms with E-state index in [1.54, 1.807) is 0 Å². The fourth-order valence-electron chi connectivity index (χ4n) is 3.29. The molecule has 0 aromatic heterocycles. The van der Waals surface area contributed by atoms with E-state index in [4.69, 9.17) is 14.2 Å². The van der Waals surface area contributed by atoms with Gasteiger partial charge in [0.25, 0.3) is 0 Å². The zero-order valence-electron chi connectivity index (χ0n) is 16.3. The molecule has 0 radical (unpaired) electrons. The molecule has 1 amide bonds. The minimum atomic E-state index is -1.33. The summed E-state index contributed by atoms with van der Waals surface area (Å²) in [6.07, 6.45) is -4.06. The van der Waals surface area contributed by atoms with E-state index in [0.717, 1.165) is 11.1 Å². The van der Waals surface area contributed by atoms with Crippen LogP contribution in [-0.4, -0.2) is 53.4 Å². The van der Waals surface area contributed by atoms with Crippen molar-refractivity contribution < 1.29 is 29.2 Å². The number of hydrogen-bond donors (Lipinski definition) is 3. The topological polar surface area (TPSA) is 97.3 Å². The number of rotatable bonds is 8. The molecule has 0 spiro atoms. The number of hydrogen-bond acceptors (Lipinski definition) is 6.